The van der Waals surface area contributed by atoms with Crippen LogP contribution in [0.25, 0.3) is 6.08 Å². The van der Waals surface area contributed by atoms with Crippen molar-refractivity contribution in [2.24, 2.45) is 0 Å². The minimum absolute atomic E-state index is 0.0395. The molecule has 0 unspecified atom stereocenters. The number of halogens is 1. The normalized spacial score (nSPS) is 10.8. The van der Waals surface area contributed by atoms with Gasteiger partial charge in [0.2, 0.25) is 0 Å². The molecule has 0 heterocycles. The zero-order chi connectivity index (χ0) is 19.8. The zero-order valence-corrected chi connectivity index (χ0v) is 15.7. The van der Waals surface area contributed by atoms with Gasteiger partial charge in [-0.15, -0.1) is 6.58 Å². The second kappa shape index (κ2) is 9.44. The second-order valence-corrected chi connectivity index (χ2v) is 6.29. The second-order valence-electron chi connectivity index (χ2n) is 5.37. The molecular formula is C19H16BrN3O4. The van der Waals surface area contributed by atoms with E-state index in [1.54, 1.807) is 30.3 Å². The Labute approximate surface area is 164 Å². The number of hydrogen-bond donors (Lipinski definition) is 2. The number of nitro groups is 1. The summed E-state index contributed by atoms with van der Waals surface area (Å²) in [5.74, 6) is -1.02. The van der Waals surface area contributed by atoms with E-state index in [1.165, 1.54) is 30.4 Å². The number of nitrogens with one attached hydrogen (secondary N) is 2. The predicted octanol–water partition coefficient (Wildman–Crippen LogP) is 3.43. The summed E-state index contributed by atoms with van der Waals surface area (Å²) in [6.07, 6.45) is 2.88. The maximum absolute atomic E-state index is 12.5. The van der Waals surface area contributed by atoms with Crippen LogP contribution in [0.2, 0.25) is 0 Å². The smallest absolute Gasteiger partial charge is 0.270 e. The highest BCUT2D eigenvalue weighted by atomic mass is 79.9. The van der Waals surface area contributed by atoms with Crippen molar-refractivity contribution >= 4 is 39.5 Å². The molecule has 0 bridgehead atoms. The Morgan fingerprint density at radius 1 is 1.19 bits per heavy atom. The molecule has 0 aliphatic rings. The van der Waals surface area contributed by atoms with Crippen LogP contribution in [0.4, 0.5) is 5.69 Å². The predicted molar refractivity (Wildman–Crippen MR) is 106 cm³/mol. The van der Waals surface area contributed by atoms with E-state index in [9.17, 15) is 19.7 Å². The number of nitro benzene ring substituents is 1. The van der Waals surface area contributed by atoms with Crippen LogP contribution in [0.15, 0.2) is 71.4 Å². The molecule has 2 rings (SSSR count). The third-order valence-corrected chi connectivity index (χ3v) is 3.87. The number of nitrogens with zero attached hydrogens (tertiary/aromatic N) is 1. The van der Waals surface area contributed by atoms with Gasteiger partial charge in [0.25, 0.3) is 17.5 Å². The van der Waals surface area contributed by atoms with Crippen molar-refractivity contribution < 1.29 is 14.5 Å². The summed E-state index contributed by atoms with van der Waals surface area (Å²) >= 11 is 3.29. The number of amides is 2. The van der Waals surface area contributed by atoms with E-state index in [-0.39, 0.29) is 17.9 Å². The molecule has 2 aromatic rings. The van der Waals surface area contributed by atoms with Crippen LogP contribution in [0.5, 0.6) is 0 Å². The van der Waals surface area contributed by atoms with Crippen molar-refractivity contribution in [3.05, 3.63) is 92.6 Å². The third kappa shape index (κ3) is 5.89. The number of carbonyl (C=O) groups is 2. The van der Waals surface area contributed by atoms with Crippen LogP contribution in [-0.4, -0.2) is 23.3 Å². The first kappa shape index (κ1) is 20.1. The molecular weight excluding hydrogens is 414 g/mol. The van der Waals surface area contributed by atoms with Gasteiger partial charge < -0.3 is 10.6 Å². The van der Waals surface area contributed by atoms with Crippen molar-refractivity contribution in [2.45, 2.75) is 0 Å². The monoisotopic (exact) mass is 429 g/mol. The molecule has 0 saturated heterocycles. The molecule has 2 amide bonds. The molecule has 0 spiro atoms. The fourth-order valence-corrected chi connectivity index (χ4v) is 2.54. The van der Waals surface area contributed by atoms with Crippen molar-refractivity contribution in [3.63, 3.8) is 0 Å². The lowest BCUT2D eigenvalue weighted by Gasteiger charge is -2.10. The standard InChI is InChI=1S/C19H16BrN3O4/c1-2-9-21-19(25)17(11-13-5-3-8-16(10-13)23(26)27)22-18(24)14-6-4-7-15(20)12-14/h2-8,10-12H,1,9H2,(H,21,25)(H,22,24). The summed E-state index contributed by atoms with van der Waals surface area (Å²) < 4.78 is 0.718. The largest absolute Gasteiger partial charge is 0.347 e. The van der Waals surface area contributed by atoms with Gasteiger partial charge >= 0.3 is 0 Å². The van der Waals surface area contributed by atoms with E-state index in [4.69, 9.17) is 0 Å². The molecule has 27 heavy (non-hydrogen) atoms. The molecule has 7 nitrogen and oxygen atoms in total. The SMILES string of the molecule is C=CCNC(=O)C(=Cc1cccc([N+](=O)[O-])c1)NC(=O)c1cccc(Br)c1. The molecule has 2 aromatic carbocycles. The van der Waals surface area contributed by atoms with Crippen molar-refractivity contribution in [3.8, 4) is 0 Å². The van der Waals surface area contributed by atoms with Crippen LogP contribution >= 0.6 is 15.9 Å². The van der Waals surface area contributed by atoms with Crippen molar-refractivity contribution in [1.82, 2.24) is 10.6 Å². The highest BCUT2D eigenvalue weighted by Gasteiger charge is 2.15. The molecule has 2 N–H and O–H groups in total. The van der Waals surface area contributed by atoms with E-state index in [0.29, 0.717) is 11.1 Å². The number of non-ortho nitro benzene ring substituents is 1. The highest BCUT2D eigenvalue weighted by Crippen LogP contribution is 2.16. The highest BCUT2D eigenvalue weighted by molar-refractivity contribution is 9.10. The van der Waals surface area contributed by atoms with Gasteiger partial charge in [-0.1, -0.05) is 40.2 Å². The van der Waals surface area contributed by atoms with Gasteiger partial charge in [0, 0.05) is 28.7 Å². The molecule has 0 atom stereocenters. The topological polar surface area (TPSA) is 101 Å². The minimum atomic E-state index is -0.537. The number of benzene rings is 2. The minimum Gasteiger partial charge on any atom is -0.347 e. The lowest BCUT2D eigenvalue weighted by Crippen LogP contribution is -2.34. The molecule has 0 saturated carbocycles. The first-order chi connectivity index (χ1) is 12.9. The Kier molecular flexibility index (Phi) is 7.01. The zero-order valence-electron chi connectivity index (χ0n) is 14.1. The average molecular weight is 430 g/mol. The maximum Gasteiger partial charge on any atom is 0.270 e. The summed E-state index contributed by atoms with van der Waals surface area (Å²) in [4.78, 5) is 35.2. The molecule has 8 heteroatoms. The lowest BCUT2D eigenvalue weighted by atomic mass is 10.1. The fraction of sp³-hybridized carbons (Fsp3) is 0.0526. The lowest BCUT2D eigenvalue weighted by molar-refractivity contribution is -0.384. The summed E-state index contributed by atoms with van der Waals surface area (Å²) in [5, 5.41) is 16.1. The average Bonchev–Trinajstić information content (AvgIpc) is 2.65. The Morgan fingerprint density at radius 2 is 1.93 bits per heavy atom. The van der Waals surface area contributed by atoms with Crippen LogP contribution in [-0.2, 0) is 4.79 Å². The van der Waals surface area contributed by atoms with Gasteiger partial charge in [0.15, 0.2) is 0 Å². The molecule has 138 valence electrons. The van der Waals surface area contributed by atoms with E-state index < -0.39 is 16.7 Å². The van der Waals surface area contributed by atoms with Crippen molar-refractivity contribution in [2.75, 3.05) is 6.54 Å². The van der Waals surface area contributed by atoms with Gasteiger partial charge in [-0.25, -0.2) is 0 Å². The summed E-state index contributed by atoms with van der Waals surface area (Å²) in [5.41, 5.74) is 0.601. The number of hydrogen-bond acceptors (Lipinski definition) is 4. The Balaban J connectivity index is 2.34. The number of rotatable bonds is 7. The first-order valence-electron chi connectivity index (χ1n) is 7.83. The maximum atomic E-state index is 12.5. The van der Waals surface area contributed by atoms with E-state index in [0.717, 1.165) is 4.47 Å². The van der Waals surface area contributed by atoms with Crippen LogP contribution in [0.1, 0.15) is 15.9 Å². The van der Waals surface area contributed by atoms with E-state index in [2.05, 4.69) is 33.1 Å². The summed E-state index contributed by atoms with van der Waals surface area (Å²) in [6, 6.07) is 12.4. The molecule has 0 aromatic heterocycles. The number of carbonyl (C=O) groups excluding carboxylic acids is 2. The Bertz CT molecular complexity index is 925. The molecule has 0 aliphatic carbocycles. The van der Waals surface area contributed by atoms with E-state index in [1.807, 2.05) is 0 Å². The van der Waals surface area contributed by atoms with Gasteiger partial charge in [-0.05, 0) is 29.8 Å². The van der Waals surface area contributed by atoms with Crippen LogP contribution in [0.3, 0.4) is 0 Å². The van der Waals surface area contributed by atoms with Gasteiger partial charge in [0.05, 0.1) is 4.92 Å². The third-order valence-electron chi connectivity index (χ3n) is 3.38. The van der Waals surface area contributed by atoms with Crippen LogP contribution in [0, 0.1) is 10.1 Å². The van der Waals surface area contributed by atoms with E-state index >= 15 is 0 Å². The Hall–Kier alpha value is -3.26. The van der Waals surface area contributed by atoms with Gasteiger partial charge in [-0.2, -0.15) is 0 Å². The Morgan fingerprint density at radius 3 is 2.59 bits per heavy atom. The molecule has 0 aliphatic heterocycles. The molecule has 0 fully saturated rings. The summed E-state index contributed by atoms with van der Waals surface area (Å²) in [7, 11) is 0. The first-order valence-corrected chi connectivity index (χ1v) is 8.62. The van der Waals surface area contributed by atoms with Gasteiger partial charge in [0.1, 0.15) is 5.70 Å². The molecule has 0 radical (unpaired) electrons. The van der Waals surface area contributed by atoms with Crippen molar-refractivity contribution in [1.29, 1.82) is 0 Å². The fourth-order valence-electron chi connectivity index (χ4n) is 2.14. The quantitative estimate of drug-likeness (QED) is 0.304. The van der Waals surface area contributed by atoms with Crippen LogP contribution < -0.4 is 10.6 Å². The summed E-state index contributed by atoms with van der Waals surface area (Å²) in [6.45, 7) is 3.73. The van der Waals surface area contributed by atoms with Gasteiger partial charge in [-0.3, -0.25) is 19.7 Å².